The quantitative estimate of drug-likeness (QED) is 0.437. The standard InChI is InChI=1S/C27H24FN3O3S/c1-30-20-8-4-3-7-19(20)24-25(26(33)29-15-17-11-13-18(28)14-12-17)31(23(32)16-35-27(24)30)21-9-5-6-10-22(21)34-2/h3-14,25H,15-16H2,1-2H3,(H,29,33)/t25-/m0/s1. The van der Waals surface area contributed by atoms with Crippen LogP contribution >= 0.6 is 11.8 Å². The van der Waals surface area contributed by atoms with Crippen LogP contribution in [0.15, 0.2) is 77.8 Å². The van der Waals surface area contributed by atoms with Crippen molar-refractivity contribution < 1.29 is 18.7 Å². The second-order valence-corrected chi connectivity index (χ2v) is 9.23. The lowest BCUT2D eigenvalue weighted by Crippen LogP contribution is -2.44. The Labute approximate surface area is 206 Å². The van der Waals surface area contributed by atoms with Crippen molar-refractivity contribution in [2.75, 3.05) is 17.8 Å². The van der Waals surface area contributed by atoms with Crippen molar-refractivity contribution in [3.05, 3.63) is 89.7 Å². The van der Waals surface area contributed by atoms with Gasteiger partial charge in [-0.1, -0.05) is 54.2 Å². The summed E-state index contributed by atoms with van der Waals surface area (Å²) in [4.78, 5) is 29.0. The second kappa shape index (κ2) is 9.46. The maximum absolute atomic E-state index is 13.9. The lowest BCUT2D eigenvalue weighted by molar-refractivity contribution is -0.125. The van der Waals surface area contributed by atoms with Gasteiger partial charge >= 0.3 is 0 Å². The molecule has 8 heteroatoms. The lowest BCUT2D eigenvalue weighted by atomic mass is 10.0. The van der Waals surface area contributed by atoms with E-state index in [-0.39, 0.29) is 29.9 Å². The average molecular weight is 490 g/mol. The number of amides is 2. The number of halogens is 1. The number of methoxy groups -OCH3 is 1. The predicted molar refractivity (Wildman–Crippen MR) is 135 cm³/mol. The summed E-state index contributed by atoms with van der Waals surface area (Å²) in [6.07, 6.45) is 0. The number of rotatable bonds is 5. The minimum Gasteiger partial charge on any atom is -0.495 e. The smallest absolute Gasteiger partial charge is 0.248 e. The van der Waals surface area contributed by atoms with Crippen LogP contribution in [-0.4, -0.2) is 29.2 Å². The Hall–Kier alpha value is -3.78. The van der Waals surface area contributed by atoms with E-state index in [1.807, 2.05) is 48.0 Å². The molecule has 1 aromatic heterocycles. The van der Waals surface area contributed by atoms with E-state index >= 15 is 0 Å². The highest BCUT2D eigenvalue weighted by Crippen LogP contribution is 2.45. The number of anilines is 1. The van der Waals surface area contributed by atoms with Gasteiger partial charge in [-0.15, -0.1) is 0 Å². The van der Waals surface area contributed by atoms with Gasteiger partial charge in [0, 0.05) is 30.1 Å². The van der Waals surface area contributed by atoms with Crippen LogP contribution in [0.3, 0.4) is 0 Å². The van der Waals surface area contributed by atoms with Crippen molar-refractivity contribution >= 4 is 40.2 Å². The molecular weight excluding hydrogens is 465 g/mol. The maximum atomic E-state index is 13.9. The SMILES string of the molecule is COc1ccccc1N1C(=O)CSc2c(c3ccccc3n2C)[C@H]1C(=O)NCc1ccc(F)cc1. The van der Waals surface area contributed by atoms with Crippen LogP contribution in [0.25, 0.3) is 10.9 Å². The Morgan fingerprint density at radius 3 is 2.57 bits per heavy atom. The minimum atomic E-state index is -0.921. The molecule has 0 saturated carbocycles. The summed E-state index contributed by atoms with van der Waals surface area (Å²) in [5.41, 5.74) is 3.05. The van der Waals surface area contributed by atoms with Gasteiger partial charge in [0.25, 0.3) is 0 Å². The predicted octanol–water partition coefficient (Wildman–Crippen LogP) is 4.82. The first-order chi connectivity index (χ1) is 17.0. The highest BCUT2D eigenvalue weighted by Gasteiger charge is 2.40. The number of nitrogens with zero attached hydrogens (tertiary/aromatic N) is 2. The average Bonchev–Trinajstić information content (AvgIpc) is 3.06. The summed E-state index contributed by atoms with van der Waals surface area (Å²) < 4.78 is 20.9. The topological polar surface area (TPSA) is 63.6 Å². The number of para-hydroxylation sites is 3. The fourth-order valence-corrected chi connectivity index (χ4v) is 5.62. The summed E-state index contributed by atoms with van der Waals surface area (Å²) in [5, 5.41) is 4.76. The van der Waals surface area contributed by atoms with Gasteiger partial charge in [0.15, 0.2) is 0 Å². The molecule has 1 aliphatic heterocycles. The number of hydrogen-bond acceptors (Lipinski definition) is 4. The van der Waals surface area contributed by atoms with E-state index in [0.29, 0.717) is 11.4 Å². The number of carbonyl (C=O) groups is 2. The molecule has 5 rings (SSSR count). The van der Waals surface area contributed by atoms with Gasteiger partial charge in [0.1, 0.15) is 17.6 Å². The van der Waals surface area contributed by atoms with Crippen molar-refractivity contribution in [1.82, 2.24) is 9.88 Å². The number of hydrogen-bond donors (Lipinski definition) is 1. The zero-order chi connectivity index (χ0) is 24.5. The fraction of sp³-hybridized carbons (Fsp3) is 0.185. The van der Waals surface area contributed by atoms with Crippen molar-refractivity contribution in [2.24, 2.45) is 7.05 Å². The highest BCUT2D eigenvalue weighted by molar-refractivity contribution is 8.00. The maximum Gasteiger partial charge on any atom is 0.248 e. The molecule has 2 heterocycles. The Balaban J connectivity index is 1.65. The number of aryl methyl sites for hydroxylation is 1. The number of fused-ring (bicyclic) bond motifs is 3. The van der Waals surface area contributed by atoms with Crippen LogP contribution in [0, 0.1) is 5.82 Å². The monoisotopic (exact) mass is 489 g/mol. The van der Waals surface area contributed by atoms with E-state index in [2.05, 4.69) is 5.32 Å². The number of ether oxygens (including phenoxy) is 1. The van der Waals surface area contributed by atoms with E-state index in [4.69, 9.17) is 4.74 Å². The molecule has 2 amide bonds. The Kier molecular flexibility index (Phi) is 6.21. The third-order valence-corrected chi connectivity index (χ3v) is 7.35. The van der Waals surface area contributed by atoms with Gasteiger partial charge in [-0.3, -0.25) is 14.5 Å². The summed E-state index contributed by atoms with van der Waals surface area (Å²) in [6, 6.07) is 20.1. The molecule has 35 heavy (non-hydrogen) atoms. The van der Waals surface area contributed by atoms with Crippen LogP contribution in [0.5, 0.6) is 5.75 Å². The molecule has 1 N–H and O–H groups in total. The van der Waals surface area contributed by atoms with Gasteiger partial charge in [-0.25, -0.2) is 4.39 Å². The summed E-state index contributed by atoms with van der Waals surface area (Å²) >= 11 is 1.43. The molecule has 0 spiro atoms. The van der Waals surface area contributed by atoms with E-state index < -0.39 is 6.04 Å². The first kappa shape index (κ1) is 23.0. The van der Waals surface area contributed by atoms with Gasteiger partial charge in [-0.05, 0) is 35.9 Å². The number of thioether (sulfide) groups is 1. The van der Waals surface area contributed by atoms with E-state index in [0.717, 1.165) is 27.1 Å². The molecule has 0 bridgehead atoms. The van der Waals surface area contributed by atoms with Crippen LogP contribution in [0.1, 0.15) is 17.2 Å². The third kappa shape index (κ3) is 4.14. The van der Waals surface area contributed by atoms with Gasteiger partial charge in [-0.2, -0.15) is 0 Å². The summed E-state index contributed by atoms with van der Waals surface area (Å²) in [5.74, 6) is -0.174. The zero-order valence-corrected chi connectivity index (χ0v) is 20.1. The van der Waals surface area contributed by atoms with Crippen molar-refractivity contribution in [3.8, 4) is 5.75 Å². The minimum absolute atomic E-state index is 0.178. The molecule has 4 aromatic rings. The third-order valence-electron chi connectivity index (χ3n) is 6.20. The second-order valence-electron chi connectivity index (χ2n) is 8.27. The molecule has 0 radical (unpaired) electrons. The highest BCUT2D eigenvalue weighted by atomic mass is 32.2. The lowest BCUT2D eigenvalue weighted by Gasteiger charge is -2.30. The Morgan fingerprint density at radius 1 is 1.09 bits per heavy atom. The van der Waals surface area contributed by atoms with Crippen molar-refractivity contribution in [1.29, 1.82) is 0 Å². The largest absolute Gasteiger partial charge is 0.495 e. The van der Waals surface area contributed by atoms with E-state index in [1.165, 1.54) is 23.9 Å². The van der Waals surface area contributed by atoms with Crippen LogP contribution < -0.4 is 15.0 Å². The van der Waals surface area contributed by atoms with E-state index in [9.17, 15) is 14.0 Å². The molecule has 1 atom stereocenters. The molecule has 0 unspecified atom stereocenters. The first-order valence-corrected chi connectivity index (χ1v) is 12.2. The van der Waals surface area contributed by atoms with Crippen molar-refractivity contribution in [2.45, 2.75) is 17.6 Å². The fourth-order valence-electron chi connectivity index (χ4n) is 4.55. The van der Waals surface area contributed by atoms with Gasteiger partial charge < -0.3 is 14.6 Å². The van der Waals surface area contributed by atoms with Crippen molar-refractivity contribution in [3.63, 3.8) is 0 Å². The normalized spacial score (nSPS) is 15.6. The van der Waals surface area contributed by atoms with Crippen LogP contribution in [0.4, 0.5) is 10.1 Å². The Morgan fingerprint density at radius 2 is 1.80 bits per heavy atom. The molecule has 0 aliphatic carbocycles. The molecule has 0 saturated heterocycles. The number of nitrogens with one attached hydrogen (secondary N) is 1. The molecule has 3 aromatic carbocycles. The molecule has 0 fully saturated rings. The van der Waals surface area contributed by atoms with Gasteiger partial charge in [0.05, 0.1) is 23.6 Å². The molecule has 178 valence electrons. The zero-order valence-electron chi connectivity index (χ0n) is 19.3. The van der Waals surface area contributed by atoms with E-state index in [1.54, 1.807) is 36.3 Å². The number of carbonyl (C=O) groups excluding carboxylic acids is 2. The first-order valence-electron chi connectivity index (χ1n) is 11.2. The van der Waals surface area contributed by atoms with Crippen LogP contribution in [-0.2, 0) is 23.2 Å². The molecule has 6 nitrogen and oxygen atoms in total. The summed E-state index contributed by atoms with van der Waals surface area (Å²) in [7, 11) is 3.49. The van der Waals surface area contributed by atoms with Gasteiger partial charge in [0.2, 0.25) is 11.8 Å². The molecule has 1 aliphatic rings. The summed E-state index contributed by atoms with van der Waals surface area (Å²) in [6.45, 7) is 0.205. The molecular formula is C27H24FN3O3S. The number of benzene rings is 3. The Bertz CT molecular complexity index is 1420. The van der Waals surface area contributed by atoms with Crippen LogP contribution in [0.2, 0.25) is 0 Å². The number of aromatic nitrogens is 1.